The second-order valence-electron chi connectivity index (χ2n) is 6.18. The fraction of sp³-hybridized carbons (Fsp3) is 0.500. The number of hydrogen-bond acceptors (Lipinski definition) is 6. The summed E-state index contributed by atoms with van der Waals surface area (Å²) in [5, 5.41) is 0. The second kappa shape index (κ2) is 5.56. The molecule has 2 fully saturated rings. The summed E-state index contributed by atoms with van der Waals surface area (Å²) in [5.41, 5.74) is 2.08. The molecule has 2 bridgehead atoms. The van der Waals surface area contributed by atoms with Crippen molar-refractivity contribution in [1.29, 1.82) is 0 Å². The lowest BCUT2D eigenvalue weighted by atomic mass is 10.2. The maximum Gasteiger partial charge on any atom is 0.265 e. The topological polar surface area (TPSA) is 62.2 Å². The van der Waals surface area contributed by atoms with Crippen molar-refractivity contribution in [3.8, 4) is 0 Å². The molecule has 0 radical (unpaired) electrons. The number of hydrogen-bond donors (Lipinski definition) is 0. The van der Waals surface area contributed by atoms with Crippen LogP contribution in [0.4, 0.5) is 5.95 Å². The zero-order valence-corrected chi connectivity index (χ0v) is 14.1. The van der Waals surface area contributed by atoms with E-state index >= 15 is 0 Å². The van der Waals surface area contributed by atoms with Gasteiger partial charge >= 0.3 is 0 Å². The highest BCUT2D eigenvalue weighted by Crippen LogP contribution is 2.34. The van der Waals surface area contributed by atoms with Crippen LogP contribution in [0.5, 0.6) is 0 Å². The molecule has 7 heteroatoms. The molecule has 2 atom stereocenters. The zero-order valence-electron chi connectivity index (χ0n) is 13.3. The number of rotatable bonds is 3. The summed E-state index contributed by atoms with van der Waals surface area (Å²) >= 11 is 1.27. The summed E-state index contributed by atoms with van der Waals surface area (Å²) in [5.74, 6) is 0.929. The van der Waals surface area contributed by atoms with Crippen LogP contribution < -0.4 is 4.90 Å². The molecule has 4 rings (SSSR count). The first-order chi connectivity index (χ1) is 11.2. The van der Waals surface area contributed by atoms with Crippen molar-refractivity contribution in [2.24, 2.45) is 0 Å². The number of carbonyl (C=O) groups excluding carboxylic acids is 1. The highest BCUT2D eigenvalue weighted by atomic mass is 32.1. The van der Waals surface area contributed by atoms with Gasteiger partial charge in [0.25, 0.3) is 5.91 Å². The lowest BCUT2D eigenvalue weighted by molar-refractivity contribution is 0.0730. The van der Waals surface area contributed by atoms with Gasteiger partial charge < -0.3 is 9.80 Å². The molecule has 0 aliphatic carbocycles. The first kappa shape index (κ1) is 14.6. The van der Waals surface area contributed by atoms with Crippen molar-refractivity contribution in [1.82, 2.24) is 19.2 Å². The molecule has 2 aliphatic rings. The number of carbonyl (C=O) groups is 1. The Morgan fingerprint density at radius 1 is 1.35 bits per heavy atom. The maximum absolute atomic E-state index is 12.5. The average Bonchev–Trinajstić information content (AvgIpc) is 3.29. The SMILES string of the molecule is CCc1cc(C)nc(N2C[C@@H]3C[C@H]2CN3C(=O)c2ccns2)n1. The standard InChI is InChI=1S/C16H19N5OS/c1-3-11-6-10(2)18-16(19-11)21-9-12-7-13(21)8-20(12)15(22)14-4-5-17-23-14/h4-6,12-13H,3,7-9H2,1-2H3/t12-,13-/m0/s1. The lowest BCUT2D eigenvalue weighted by Gasteiger charge is -2.34. The molecule has 6 nitrogen and oxygen atoms in total. The number of nitrogens with zero attached hydrogens (tertiary/aromatic N) is 5. The fourth-order valence-electron chi connectivity index (χ4n) is 3.55. The number of aromatic nitrogens is 3. The molecule has 0 N–H and O–H groups in total. The summed E-state index contributed by atoms with van der Waals surface area (Å²) in [6.45, 7) is 5.69. The Morgan fingerprint density at radius 2 is 2.22 bits per heavy atom. The van der Waals surface area contributed by atoms with Gasteiger partial charge in [0.15, 0.2) is 0 Å². The summed E-state index contributed by atoms with van der Waals surface area (Å²) in [7, 11) is 0. The second-order valence-corrected chi connectivity index (χ2v) is 7.02. The van der Waals surface area contributed by atoms with Crippen LogP contribution in [0.1, 0.15) is 34.4 Å². The lowest BCUT2D eigenvalue weighted by Crippen LogP contribution is -2.49. The van der Waals surface area contributed by atoms with Crippen LogP contribution in [0.15, 0.2) is 18.3 Å². The summed E-state index contributed by atoms with van der Waals surface area (Å²) in [4.78, 5) is 26.8. The molecule has 2 aromatic heterocycles. The van der Waals surface area contributed by atoms with Gasteiger partial charge in [-0.3, -0.25) is 4.79 Å². The van der Waals surface area contributed by atoms with Crippen LogP contribution in [0.2, 0.25) is 0 Å². The van der Waals surface area contributed by atoms with Gasteiger partial charge in [0.1, 0.15) is 4.88 Å². The van der Waals surface area contributed by atoms with Gasteiger partial charge in [0, 0.05) is 30.7 Å². The number of likely N-dealkylation sites (tertiary alicyclic amines) is 1. The summed E-state index contributed by atoms with van der Waals surface area (Å²) in [6.07, 6.45) is 3.60. The molecule has 120 valence electrons. The fourth-order valence-corrected chi connectivity index (χ4v) is 4.11. The van der Waals surface area contributed by atoms with Crippen molar-refractivity contribution >= 4 is 23.4 Å². The number of anilines is 1. The highest BCUT2D eigenvalue weighted by Gasteiger charge is 2.46. The minimum absolute atomic E-state index is 0.110. The van der Waals surface area contributed by atoms with Gasteiger partial charge in [0.05, 0.1) is 12.1 Å². The van der Waals surface area contributed by atoms with Crippen LogP contribution in [0, 0.1) is 6.92 Å². The van der Waals surface area contributed by atoms with Crippen molar-refractivity contribution in [3.05, 3.63) is 34.6 Å². The molecular formula is C16H19N5OS. The first-order valence-corrected chi connectivity index (χ1v) is 8.76. The van der Waals surface area contributed by atoms with Crippen LogP contribution in [-0.4, -0.2) is 50.3 Å². The minimum Gasteiger partial charge on any atom is -0.334 e. The van der Waals surface area contributed by atoms with Crippen LogP contribution in [0.3, 0.4) is 0 Å². The monoisotopic (exact) mass is 329 g/mol. The third kappa shape index (κ3) is 2.49. The Kier molecular flexibility index (Phi) is 3.52. The summed E-state index contributed by atoms with van der Waals surface area (Å²) < 4.78 is 4.03. The Hall–Kier alpha value is -2.02. The van der Waals surface area contributed by atoms with Crippen LogP contribution >= 0.6 is 11.5 Å². The van der Waals surface area contributed by atoms with Crippen molar-refractivity contribution in [2.75, 3.05) is 18.0 Å². The highest BCUT2D eigenvalue weighted by molar-refractivity contribution is 7.08. The van der Waals surface area contributed by atoms with E-state index in [-0.39, 0.29) is 11.9 Å². The maximum atomic E-state index is 12.5. The van der Waals surface area contributed by atoms with Gasteiger partial charge in [-0.25, -0.2) is 14.3 Å². The first-order valence-electron chi connectivity index (χ1n) is 7.98. The third-order valence-corrected chi connectivity index (χ3v) is 5.40. The van der Waals surface area contributed by atoms with E-state index in [1.165, 1.54) is 11.5 Å². The molecule has 0 unspecified atom stereocenters. The zero-order chi connectivity index (χ0) is 16.0. The number of fused-ring (bicyclic) bond motifs is 2. The van der Waals surface area contributed by atoms with E-state index in [0.717, 1.165) is 48.1 Å². The Bertz CT molecular complexity index is 732. The number of piperazine rings is 1. The van der Waals surface area contributed by atoms with E-state index in [4.69, 9.17) is 0 Å². The van der Waals surface area contributed by atoms with E-state index < -0.39 is 0 Å². The molecular weight excluding hydrogens is 310 g/mol. The Morgan fingerprint density at radius 3 is 2.87 bits per heavy atom. The molecule has 2 aliphatic heterocycles. The molecule has 23 heavy (non-hydrogen) atoms. The molecule has 0 saturated carbocycles. The van der Waals surface area contributed by atoms with Crippen molar-refractivity contribution < 1.29 is 4.79 Å². The number of aryl methyl sites for hydroxylation is 2. The predicted octanol–water partition coefficient (Wildman–Crippen LogP) is 1.91. The number of amides is 1. The van der Waals surface area contributed by atoms with Gasteiger partial charge in [-0.15, -0.1) is 0 Å². The van der Waals surface area contributed by atoms with Crippen molar-refractivity contribution in [3.63, 3.8) is 0 Å². The van der Waals surface area contributed by atoms with Crippen molar-refractivity contribution in [2.45, 2.75) is 38.8 Å². The van der Waals surface area contributed by atoms with E-state index in [1.807, 2.05) is 17.9 Å². The Balaban J connectivity index is 1.53. The largest absolute Gasteiger partial charge is 0.334 e. The smallest absolute Gasteiger partial charge is 0.265 e. The van der Waals surface area contributed by atoms with Gasteiger partial charge in [-0.1, -0.05) is 6.92 Å². The third-order valence-electron chi connectivity index (χ3n) is 4.66. The molecule has 2 saturated heterocycles. The predicted molar refractivity (Wildman–Crippen MR) is 88.8 cm³/mol. The molecule has 0 aromatic carbocycles. The van der Waals surface area contributed by atoms with E-state index in [1.54, 1.807) is 12.3 Å². The van der Waals surface area contributed by atoms with Gasteiger partial charge in [-0.05, 0) is 43.4 Å². The van der Waals surface area contributed by atoms with Gasteiger partial charge in [0.2, 0.25) is 5.95 Å². The Labute approximate surface area is 139 Å². The molecule has 2 aromatic rings. The quantitative estimate of drug-likeness (QED) is 0.861. The molecule has 1 amide bonds. The van der Waals surface area contributed by atoms with Crippen LogP contribution in [-0.2, 0) is 6.42 Å². The van der Waals surface area contributed by atoms with E-state index in [2.05, 4.69) is 26.2 Å². The van der Waals surface area contributed by atoms with Crippen LogP contribution in [0.25, 0.3) is 0 Å². The average molecular weight is 329 g/mol. The minimum atomic E-state index is 0.110. The molecule has 0 spiro atoms. The molecule has 4 heterocycles. The van der Waals surface area contributed by atoms with E-state index in [9.17, 15) is 4.79 Å². The normalized spacial score (nSPS) is 22.9. The van der Waals surface area contributed by atoms with Gasteiger partial charge in [-0.2, -0.15) is 0 Å². The van der Waals surface area contributed by atoms with E-state index in [0.29, 0.717) is 6.04 Å². The summed E-state index contributed by atoms with van der Waals surface area (Å²) in [6, 6.07) is 4.41.